The molecule has 2 aromatic rings. The lowest BCUT2D eigenvalue weighted by Crippen LogP contribution is -2.61. The van der Waals surface area contributed by atoms with Gasteiger partial charge in [0.05, 0.1) is 16.6 Å². The van der Waals surface area contributed by atoms with Crippen LogP contribution in [-0.4, -0.2) is 71.6 Å². The summed E-state index contributed by atoms with van der Waals surface area (Å²) in [6.45, 7) is 8.30. The fraction of sp³-hybridized carbons (Fsp3) is 0.531. The van der Waals surface area contributed by atoms with Gasteiger partial charge in [-0.1, -0.05) is 44.2 Å². The van der Waals surface area contributed by atoms with E-state index in [0.29, 0.717) is 51.1 Å². The van der Waals surface area contributed by atoms with Gasteiger partial charge in [0.25, 0.3) is 5.91 Å². The Bertz CT molecular complexity index is 1420. The molecule has 1 aromatic heterocycles. The molecule has 3 N–H and O–H groups in total. The van der Waals surface area contributed by atoms with Gasteiger partial charge in [-0.2, -0.15) is 0 Å². The smallest absolute Gasteiger partial charge is 0.325 e. The van der Waals surface area contributed by atoms with Crippen molar-refractivity contribution in [3.05, 3.63) is 47.7 Å². The highest BCUT2D eigenvalue weighted by molar-refractivity contribution is 5.94. The molecule has 0 aliphatic carbocycles. The van der Waals surface area contributed by atoms with Crippen LogP contribution in [0.3, 0.4) is 0 Å². The van der Waals surface area contributed by atoms with Crippen molar-refractivity contribution in [2.24, 2.45) is 11.3 Å². The van der Waals surface area contributed by atoms with Gasteiger partial charge in [0.15, 0.2) is 0 Å². The topological polar surface area (TPSA) is 139 Å². The third-order valence-corrected chi connectivity index (χ3v) is 8.58. The summed E-state index contributed by atoms with van der Waals surface area (Å²) >= 11 is 0. The molecule has 3 amide bonds. The molecule has 5 rings (SSSR count). The third-order valence-electron chi connectivity index (χ3n) is 8.58. The van der Waals surface area contributed by atoms with Crippen LogP contribution >= 0.6 is 0 Å². The third kappa shape index (κ3) is 6.73. The van der Waals surface area contributed by atoms with Crippen molar-refractivity contribution in [1.29, 1.82) is 0 Å². The number of hydrogen-bond donors (Lipinski definition) is 3. The Balaban J connectivity index is 1.53. The second kappa shape index (κ2) is 12.8. The number of hydrazine groups is 1. The van der Waals surface area contributed by atoms with Crippen LogP contribution in [0.4, 0.5) is 0 Å². The minimum Gasteiger partial charge on any atom is -0.455 e. The summed E-state index contributed by atoms with van der Waals surface area (Å²) in [4.78, 5) is 58.5. The molecule has 5 bridgehead atoms. The van der Waals surface area contributed by atoms with Crippen molar-refractivity contribution in [2.75, 3.05) is 19.8 Å². The Labute approximate surface area is 251 Å². The van der Waals surface area contributed by atoms with Crippen LogP contribution in [0.2, 0.25) is 0 Å². The maximum Gasteiger partial charge on any atom is 0.325 e. The summed E-state index contributed by atoms with van der Waals surface area (Å²) < 4.78 is 11.4. The Hall–Kier alpha value is -3.83. The van der Waals surface area contributed by atoms with Gasteiger partial charge in [0.2, 0.25) is 11.8 Å². The summed E-state index contributed by atoms with van der Waals surface area (Å²) in [5, 5.41) is 8.07. The van der Waals surface area contributed by atoms with E-state index in [1.165, 1.54) is 5.01 Å². The average molecular weight is 592 g/mol. The lowest BCUT2D eigenvalue weighted by atomic mass is 9.78. The van der Waals surface area contributed by atoms with Crippen LogP contribution in [0, 0.1) is 11.3 Å². The van der Waals surface area contributed by atoms with Crippen molar-refractivity contribution in [1.82, 2.24) is 26.1 Å². The van der Waals surface area contributed by atoms with Gasteiger partial charge < -0.3 is 20.1 Å². The van der Waals surface area contributed by atoms with Crippen molar-refractivity contribution in [3.63, 3.8) is 0 Å². The Morgan fingerprint density at radius 3 is 2.51 bits per heavy atom. The highest BCUT2D eigenvalue weighted by Gasteiger charge is 2.40. The predicted octanol–water partition coefficient (Wildman–Crippen LogP) is 2.80. The maximum atomic E-state index is 13.9. The zero-order valence-corrected chi connectivity index (χ0v) is 25.2. The van der Waals surface area contributed by atoms with Gasteiger partial charge in [0, 0.05) is 25.1 Å². The molecule has 11 nitrogen and oxygen atoms in total. The number of nitrogens with one attached hydrogen (secondary N) is 3. The molecule has 0 saturated carbocycles. The zero-order chi connectivity index (χ0) is 30.7. The van der Waals surface area contributed by atoms with Gasteiger partial charge in [-0.05, 0) is 63.1 Å². The highest BCUT2D eigenvalue weighted by atomic mass is 16.5. The quantitative estimate of drug-likeness (QED) is 0.431. The Morgan fingerprint density at radius 2 is 1.77 bits per heavy atom. The van der Waals surface area contributed by atoms with Crippen molar-refractivity contribution in [2.45, 2.75) is 77.6 Å². The number of carbonyl (C=O) groups excluding carboxylic acids is 4. The van der Waals surface area contributed by atoms with Crippen LogP contribution in [0.25, 0.3) is 17.0 Å². The largest absolute Gasteiger partial charge is 0.455 e. The number of carbonyl (C=O) groups is 4. The summed E-state index contributed by atoms with van der Waals surface area (Å²) in [6.07, 6.45) is 5.24. The number of amides is 3. The van der Waals surface area contributed by atoms with E-state index in [0.717, 1.165) is 16.5 Å². The molecule has 4 heterocycles. The molecule has 230 valence electrons. The van der Waals surface area contributed by atoms with E-state index in [1.807, 2.05) is 56.3 Å². The van der Waals surface area contributed by atoms with Gasteiger partial charge in [-0.25, -0.2) is 10.4 Å². The van der Waals surface area contributed by atoms with E-state index in [-0.39, 0.29) is 17.7 Å². The summed E-state index contributed by atoms with van der Waals surface area (Å²) in [5.74, 6) is -1.79. The number of nitrogens with zero attached hydrogens (tertiary/aromatic N) is 2. The number of hydrogen-bond acceptors (Lipinski definition) is 8. The molecule has 1 aromatic carbocycles. The highest BCUT2D eigenvalue weighted by Crippen LogP contribution is 2.34. The fourth-order valence-corrected chi connectivity index (χ4v) is 5.79. The SMILES string of the molecule is CC(C)[C@@H]1NC(=O)C2(C=Cc3ccc4ccc(nc4c3)[C@@H](C)OC(=O)[C@@H]3CCCN(N3)C(=O)[C@H](C)NC1=O)CCOCC2. The van der Waals surface area contributed by atoms with Crippen molar-refractivity contribution >= 4 is 40.7 Å². The molecule has 3 aliphatic heterocycles. The predicted molar refractivity (Wildman–Crippen MR) is 160 cm³/mol. The molecule has 2 fully saturated rings. The summed E-state index contributed by atoms with van der Waals surface area (Å²) in [5.41, 5.74) is 4.32. The Morgan fingerprint density at radius 1 is 1.02 bits per heavy atom. The van der Waals surface area contributed by atoms with E-state index < -0.39 is 41.5 Å². The normalized spacial score (nSPS) is 27.2. The molecular formula is C32H41N5O6. The first kappa shape index (κ1) is 30.6. The zero-order valence-electron chi connectivity index (χ0n) is 25.2. The first-order valence-electron chi connectivity index (χ1n) is 15.1. The molecule has 0 unspecified atom stereocenters. The number of rotatable bonds is 1. The van der Waals surface area contributed by atoms with E-state index in [9.17, 15) is 19.2 Å². The number of fused-ring (bicyclic) bond motifs is 4. The van der Waals surface area contributed by atoms with Gasteiger partial charge in [0.1, 0.15) is 24.2 Å². The minimum absolute atomic E-state index is 0.233. The van der Waals surface area contributed by atoms with Crippen LogP contribution in [0.1, 0.15) is 70.7 Å². The van der Waals surface area contributed by atoms with E-state index in [4.69, 9.17) is 14.5 Å². The van der Waals surface area contributed by atoms with Gasteiger partial charge >= 0.3 is 5.97 Å². The van der Waals surface area contributed by atoms with Gasteiger partial charge in [-0.15, -0.1) is 0 Å². The van der Waals surface area contributed by atoms with Crippen molar-refractivity contribution < 1.29 is 28.7 Å². The Kier molecular flexibility index (Phi) is 9.12. The van der Waals surface area contributed by atoms with Crippen LogP contribution in [0.5, 0.6) is 0 Å². The summed E-state index contributed by atoms with van der Waals surface area (Å²) in [7, 11) is 0. The number of benzene rings is 1. The molecule has 43 heavy (non-hydrogen) atoms. The number of cyclic esters (lactones) is 1. The molecule has 2 saturated heterocycles. The standard InChI is InChI=1S/C32H41N5O6/c1-19(2)27-28(38)33-20(3)29(39)37-15-5-6-25(36-37)30(40)43-21(4)24-10-9-23-8-7-22(18-26(23)34-24)11-12-32(31(41)35-27)13-16-42-17-14-32/h7-12,18-21,25,27,36H,5-6,13-17H2,1-4H3,(H,33,38)(H,35,41)/t20-,21+,25-,27-/m0/s1. The van der Waals surface area contributed by atoms with Crippen LogP contribution in [0.15, 0.2) is 36.4 Å². The number of aromatic nitrogens is 1. The second-order valence-corrected chi connectivity index (χ2v) is 12.1. The first-order valence-corrected chi connectivity index (χ1v) is 15.1. The van der Waals surface area contributed by atoms with E-state index in [2.05, 4.69) is 16.1 Å². The van der Waals surface area contributed by atoms with E-state index >= 15 is 0 Å². The second-order valence-electron chi connectivity index (χ2n) is 12.1. The summed E-state index contributed by atoms with van der Waals surface area (Å²) in [6, 6.07) is 7.19. The fourth-order valence-electron chi connectivity index (χ4n) is 5.79. The maximum absolute atomic E-state index is 13.9. The lowest BCUT2D eigenvalue weighted by molar-refractivity contribution is -0.157. The monoisotopic (exact) mass is 591 g/mol. The number of pyridine rings is 1. The van der Waals surface area contributed by atoms with E-state index in [1.54, 1.807) is 13.8 Å². The lowest BCUT2D eigenvalue weighted by Gasteiger charge is -2.36. The van der Waals surface area contributed by atoms with Crippen LogP contribution < -0.4 is 16.1 Å². The molecular weight excluding hydrogens is 550 g/mol. The molecule has 4 atom stereocenters. The van der Waals surface area contributed by atoms with Crippen molar-refractivity contribution in [3.8, 4) is 0 Å². The molecule has 3 aliphatic rings. The molecule has 1 spiro atoms. The van der Waals surface area contributed by atoms with Gasteiger partial charge in [-0.3, -0.25) is 24.2 Å². The molecule has 0 radical (unpaired) electrons. The number of esters is 1. The van der Waals surface area contributed by atoms with Crippen LogP contribution in [-0.2, 0) is 28.7 Å². The first-order chi connectivity index (χ1) is 20.6. The average Bonchev–Trinajstić information content (AvgIpc) is 3.01. The minimum atomic E-state index is -0.889. The number of ether oxygens (including phenoxy) is 2. The molecule has 11 heteroatoms.